The van der Waals surface area contributed by atoms with E-state index < -0.39 is 0 Å². The molecule has 4 nitrogen and oxygen atoms in total. The molecule has 5 heteroatoms. The highest BCUT2D eigenvalue weighted by Crippen LogP contribution is 2.19. The molecule has 1 aromatic heterocycles. The van der Waals surface area contributed by atoms with E-state index in [1.165, 1.54) is 10.5 Å². The van der Waals surface area contributed by atoms with Crippen LogP contribution in [0.15, 0.2) is 41.6 Å². The van der Waals surface area contributed by atoms with Crippen molar-refractivity contribution in [2.24, 2.45) is 0 Å². The monoisotopic (exact) mass is 329 g/mol. The SMILES string of the molecule is CSc1ccc(CN2CCC(Oc3ncc(C)cn3)CC2)cc1. The smallest absolute Gasteiger partial charge is 0.316 e. The van der Waals surface area contributed by atoms with Crippen LogP contribution in [0.4, 0.5) is 0 Å². The van der Waals surface area contributed by atoms with Crippen molar-refractivity contribution in [3.63, 3.8) is 0 Å². The van der Waals surface area contributed by atoms with Gasteiger partial charge in [-0.1, -0.05) is 12.1 Å². The lowest BCUT2D eigenvalue weighted by Crippen LogP contribution is -2.38. The van der Waals surface area contributed by atoms with Gasteiger partial charge in [0.05, 0.1) is 0 Å². The summed E-state index contributed by atoms with van der Waals surface area (Å²) in [5.74, 6) is 0. The minimum absolute atomic E-state index is 0.229. The second kappa shape index (κ2) is 7.79. The zero-order valence-electron chi connectivity index (χ0n) is 13.7. The fraction of sp³-hybridized carbons (Fsp3) is 0.444. The summed E-state index contributed by atoms with van der Waals surface area (Å²) < 4.78 is 5.89. The predicted octanol–water partition coefficient (Wildman–Crippen LogP) is 3.55. The third-order valence-electron chi connectivity index (χ3n) is 4.13. The first kappa shape index (κ1) is 16.3. The van der Waals surface area contributed by atoms with Crippen LogP contribution in [0, 0.1) is 6.92 Å². The quantitative estimate of drug-likeness (QED) is 0.784. The van der Waals surface area contributed by atoms with E-state index in [0.29, 0.717) is 6.01 Å². The molecule has 0 saturated carbocycles. The van der Waals surface area contributed by atoms with Crippen molar-refractivity contribution >= 4 is 11.8 Å². The summed E-state index contributed by atoms with van der Waals surface area (Å²) in [6.45, 7) is 5.11. The van der Waals surface area contributed by atoms with Crippen molar-refractivity contribution in [3.05, 3.63) is 47.8 Å². The number of rotatable bonds is 5. The van der Waals surface area contributed by atoms with Crippen LogP contribution in [0.3, 0.4) is 0 Å². The largest absolute Gasteiger partial charge is 0.460 e. The highest BCUT2D eigenvalue weighted by atomic mass is 32.2. The second-order valence-electron chi connectivity index (χ2n) is 5.98. The first-order chi connectivity index (χ1) is 11.2. The van der Waals surface area contributed by atoms with E-state index >= 15 is 0 Å². The van der Waals surface area contributed by atoms with E-state index in [-0.39, 0.29) is 6.10 Å². The van der Waals surface area contributed by atoms with Crippen molar-refractivity contribution in [3.8, 4) is 6.01 Å². The van der Waals surface area contributed by atoms with Gasteiger partial charge in [-0.05, 0) is 49.3 Å². The van der Waals surface area contributed by atoms with Crippen LogP contribution in [-0.2, 0) is 6.54 Å². The Balaban J connectivity index is 1.47. The molecule has 0 N–H and O–H groups in total. The summed E-state index contributed by atoms with van der Waals surface area (Å²) >= 11 is 1.78. The zero-order chi connectivity index (χ0) is 16.1. The van der Waals surface area contributed by atoms with E-state index in [1.807, 2.05) is 6.92 Å². The van der Waals surface area contributed by atoms with E-state index in [1.54, 1.807) is 24.2 Å². The number of likely N-dealkylation sites (tertiary alicyclic amines) is 1. The minimum Gasteiger partial charge on any atom is -0.460 e. The molecule has 0 unspecified atom stereocenters. The molecule has 1 aromatic carbocycles. The molecule has 23 heavy (non-hydrogen) atoms. The van der Waals surface area contributed by atoms with Gasteiger partial charge in [0.1, 0.15) is 6.10 Å². The summed E-state index contributed by atoms with van der Waals surface area (Å²) in [4.78, 5) is 12.3. The van der Waals surface area contributed by atoms with Gasteiger partial charge in [0.2, 0.25) is 0 Å². The summed E-state index contributed by atoms with van der Waals surface area (Å²) in [5, 5.41) is 0. The van der Waals surface area contributed by atoms with Crippen LogP contribution in [0.25, 0.3) is 0 Å². The molecule has 1 saturated heterocycles. The van der Waals surface area contributed by atoms with Gasteiger partial charge in [0.25, 0.3) is 0 Å². The Morgan fingerprint density at radius 2 is 1.78 bits per heavy atom. The number of hydrogen-bond donors (Lipinski definition) is 0. The number of piperidine rings is 1. The van der Waals surface area contributed by atoms with E-state index in [4.69, 9.17) is 4.74 Å². The van der Waals surface area contributed by atoms with Gasteiger partial charge in [-0.25, -0.2) is 9.97 Å². The molecule has 0 aliphatic carbocycles. The van der Waals surface area contributed by atoms with Gasteiger partial charge in [-0.2, -0.15) is 0 Å². The van der Waals surface area contributed by atoms with Crippen molar-refractivity contribution in [2.75, 3.05) is 19.3 Å². The Hall–Kier alpha value is -1.59. The van der Waals surface area contributed by atoms with Crippen LogP contribution in [-0.4, -0.2) is 40.3 Å². The molecule has 0 amide bonds. The molecule has 0 radical (unpaired) electrons. The predicted molar refractivity (Wildman–Crippen MR) is 93.9 cm³/mol. The fourth-order valence-corrected chi connectivity index (χ4v) is 3.17. The minimum atomic E-state index is 0.229. The lowest BCUT2D eigenvalue weighted by molar-refractivity contribution is 0.0892. The van der Waals surface area contributed by atoms with Crippen LogP contribution in [0.1, 0.15) is 24.0 Å². The maximum Gasteiger partial charge on any atom is 0.316 e. The molecule has 122 valence electrons. The normalized spacial score (nSPS) is 16.4. The van der Waals surface area contributed by atoms with Gasteiger partial charge >= 0.3 is 6.01 Å². The van der Waals surface area contributed by atoms with Crippen molar-refractivity contribution < 1.29 is 4.74 Å². The van der Waals surface area contributed by atoms with Crippen LogP contribution in [0.2, 0.25) is 0 Å². The summed E-state index contributed by atoms with van der Waals surface area (Å²) in [7, 11) is 0. The number of nitrogens with zero attached hydrogens (tertiary/aromatic N) is 3. The standard InChI is InChI=1S/C18H23N3OS/c1-14-11-19-18(20-12-14)22-16-7-9-21(10-8-16)13-15-3-5-17(23-2)6-4-15/h3-6,11-12,16H,7-10,13H2,1-2H3. The number of ether oxygens (including phenoxy) is 1. The third-order valence-corrected chi connectivity index (χ3v) is 4.87. The number of thioether (sulfide) groups is 1. The molecule has 0 atom stereocenters. The van der Waals surface area contributed by atoms with Gasteiger partial charge in [-0.3, -0.25) is 4.90 Å². The number of aromatic nitrogens is 2. The summed E-state index contributed by atoms with van der Waals surface area (Å²) in [5.41, 5.74) is 2.43. The molecule has 1 aliphatic heterocycles. The van der Waals surface area contributed by atoms with Gasteiger partial charge in [0.15, 0.2) is 0 Å². The lowest BCUT2D eigenvalue weighted by Gasteiger charge is -2.31. The van der Waals surface area contributed by atoms with Gasteiger partial charge in [0, 0.05) is 36.9 Å². The molecule has 3 rings (SSSR count). The Bertz CT molecular complexity index is 607. The summed E-state index contributed by atoms with van der Waals surface area (Å²) in [6, 6.07) is 9.36. The van der Waals surface area contributed by atoms with Crippen molar-refractivity contribution in [2.45, 2.75) is 37.3 Å². The van der Waals surface area contributed by atoms with Gasteiger partial charge in [-0.15, -0.1) is 11.8 Å². The first-order valence-electron chi connectivity index (χ1n) is 8.03. The molecule has 2 heterocycles. The molecule has 0 spiro atoms. The van der Waals surface area contributed by atoms with Crippen LogP contribution in [0.5, 0.6) is 6.01 Å². The maximum absolute atomic E-state index is 5.89. The summed E-state index contributed by atoms with van der Waals surface area (Å²) in [6.07, 6.45) is 8.00. The highest BCUT2D eigenvalue weighted by molar-refractivity contribution is 7.98. The van der Waals surface area contributed by atoms with E-state index in [2.05, 4.69) is 45.4 Å². The Labute approximate surface area is 142 Å². The highest BCUT2D eigenvalue weighted by Gasteiger charge is 2.21. The topological polar surface area (TPSA) is 38.2 Å². The molecular weight excluding hydrogens is 306 g/mol. The van der Waals surface area contributed by atoms with Crippen molar-refractivity contribution in [1.29, 1.82) is 0 Å². The average Bonchev–Trinajstić information content (AvgIpc) is 2.59. The van der Waals surface area contributed by atoms with Crippen molar-refractivity contribution in [1.82, 2.24) is 14.9 Å². The third kappa shape index (κ3) is 4.69. The zero-order valence-corrected chi connectivity index (χ0v) is 14.6. The fourth-order valence-electron chi connectivity index (χ4n) is 2.77. The molecule has 0 bridgehead atoms. The molecule has 1 aliphatic rings. The molecule has 1 fully saturated rings. The number of aryl methyl sites for hydroxylation is 1. The van der Waals surface area contributed by atoms with Gasteiger partial charge < -0.3 is 4.74 Å². The number of benzene rings is 1. The second-order valence-corrected chi connectivity index (χ2v) is 6.86. The number of hydrogen-bond acceptors (Lipinski definition) is 5. The lowest BCUT2D eigenvalue weighted by atomic mass is 10.1. The van der Waals surface area contributed by atoms with Crippen LogP contribution >= 0.6 is 11.8 Å². The molecular formula is C18H23N3OS. The van der Waals surface area contributed by atoms with Crippen LogP contribution < -0.4 is 4.74 Å². The Morgan fingerprint density at radius 3 is 2.39 bits per heavy atom. The van der Waals surface area contributed by atoms with E-state index in [9.17, 15) is 0 Å². The average molecular weight is 329 g/mol. The first-order valence-corrected chi connectivity index (χ1v) is 9.26. The Morgan fingerprint density at radius 1 is 1.13 bits per heavy atom. The Kier molecular flexibility index (Phi) is 5.51. The molecule has 2 aromatic rings. The van der Waals surface area contributed by atoms with E-state index in [0.717, 1.165) is 38.0 Å². The maximum atomic E-state index is 5.89.